The van der Waals surface area contributed by atoms with E-state index in [4.69, 9.17) is 9.47 Å². The number of hydrogen-bond donors (Lipinski definition) is 2. The van der Waals surface area contributed by atoms with Crippen molar-refractivity contribution in [3.05, 3.63) is 35.7 Å². The van der Waals surface area contributed by atoms with Crippen LogP contribution in [0.4, 0.5) is 0 Å². The number of aliphatic carboxylic acids is 1. The van der Waals surface area contributed by atoms with Crippen LogP contribution in [-0.4, -0.2) is 57.3 Å². The highest BCUT2D eigenvalue weighted by Gasteiger charge is 2.36. The number of amides is 1. The predicted octanol–water partition coefficient (Wildman–Crippen LogP) is 1.58. The van der Waals surface area contributed by atoms with Gasteiger partial charge in [-0.3, -0.25) is 4.79 Å². The van der Waals surface area contributed by atoms with Crippen molar-refractivity contribution in [2.24, 2.45) is 0 Å². The number of methoxy groups -OCH3 is 1. The van der Waals surface area contributed by atoms with Gasteiger partial charge in [-0.2, -0.15) is 0 Å². The van der Waals surface area contributed by atoms with Gasteiger partial charge in [-0.05, 0) is 52.0 Å². The second kappa shape index (κ2) is 8.17. The maximum atomic E-state index is 12.5. The van der Waals surface area contributed by atoms with Gasteiger partial charge in [0, 0.05) is 7.11 Å². The molecule has 1 aromatic heterocycles. The minimum absolute atomic E-state index is 0.0427. The number of carboxylic acids is 1. The zero-order chi connectivity index (χ0) is 20.2. The number of benzene rings is 1. The smallest absolute Gasteiger partial charge is 0.331 e. The lowest BCUT2D eigenvalue weighted by Gasteiger charge is -2.24. The van der Waals surface area contributed by atoms with Crippen molar-refractivity contribution in [1.29, 1.82) is 0 Å². The highest BCUT2D eigenvalue weighted by atomic mass is 16.5. The Morgan fingerprint density at radius 1 is 1.30 bits per heavy atom. The highest BCUT2D eigenvalue weighted by Crippen LogP contribution is 2.18. The normalized spacial score (nSPS) is 13.3. The van der Waals surface area contributed by atoms with Crippen molar-refractivity contribution in [3.63, 3.8) is 0 Å². The van der Waals surface area contributed by atoms with Gasteiger partial charge in [0.2, 0.25) is 0 Å². The van der Waals surface area contributed by atoms with Crippen LogP contribution < -0.4 is 10.1 Å². The molecule has 146 valence electrons. The number of hydrogen-bond acceptors (Lipinski definition) is 6. The first-order valence-corrected chi connectivity index (χ1v) is 8.42. The molecule has 0 aliphatic rings. The van der Waals surface area contributed by atoms with Gasteiger partial charge < -0.3 is 19.9 Å². The summed E-state index contributed by atoms with van der Waals surface area (Å²) in [4.78, 5) is 24.0. The van der Waals surface area contributed by atoms with Gasteiger partial charge in [-0.15, -0.1) is 5.10 Å². The number of nitrogens with one attached hydrogen (secondary N) is 1. The summed E-state index contributed by atoms with van der Waals surface area (Å²) in [6.45, 7) is 6.74. The molecule has 0 bridgehead atoms. The lowest BCUT2D eigenvalue weighted by Crippen LogP contribution is -2.55. The standard InChI is InChI=1S/C18H24N4O5/c1-11(2)27-14-8-6-13(7-9-14)22-12(3)15(20-21-22)16(23)19-18(4,10-26-5)17(24)25/h6-9,11H,10H2,1-5H3,(H,19,23)(H,24,25). The minimum atomic E-state index is -1.57. The summed E-state index contributed by atoms with van der Waals surface area (Å²) in [7, 11) is 1.36. The number of rotatable bonds is 8. The molecule has 1 atom stereocenters. The summed E-state index contributed by atoms with van der Waals surface area (Å²) >= 11 is 0. The number of carbonyl (C=O) groups excluding carboxylic acids is 1. The zero-order valence-corrected chi connectivity index (χ0v) is 16.0. The molecule has 9 nitrogen and oxygen atoms in total. The summed E-state index contributed by atoms with van der Waals surface area (Å²) in [5, 5.41) is 19.7. The maximum absolute atomic E-state index is 12.5. The molecular weight excluding hydrogens is 352 g/mol. The van der Waals surface area contributed by atoms with Crippen molar-refractivity contribution < 1.29 is 24.2 Å². The molecule has 1 amide bonds. The average Bonchev–Trinajstić information content (AvgIpc) is 2.96. The third-order valence-electron chi connectivity index (χ3n) is 3.86. The summed E-state index contributed by atoms with van der Waals surface area (Å²) in [6, 6.07) is 7.20. The van der Waals surface area contributed by atoms with Crippen molar-refractivity contribution in [1.82, 2.24) is 20.3 Å². The van der Waals surface area contributed by atoms with Gasteiger partial charge in [0.1, 0.15) is 5.75 Å². The Morgan fingerprint density at radius 2 is 1.93 bits per heavy atom. The molecule has 2 aromatic rings. The van der Waals surface area contributed by atoms with Gasteiger partial charge in [0.05, 0.1) is 24.1 Å². The molecule has 1 heterocycles. The van der Waals surface area contributed by atoms with Crippen molar-refractivity contribution in [2.45, 2.75) is 39.3 Å². The molecule has 0 saturated carbocycles. The fourth-order valence-electron chi connectivity index (χ4n) is 2.47. The molecule has 0 aliphatic heterocycles. The molecule has 0 radical (unpaired) electrons. The third kappa shape index (κ3) is 4.62. The molecule has 0 saturated heterocycles. The van der Waals surface area contributed by atoms with Gasteiger partial charge in [0.25, 0.3) is 5.91 Å². The fourth-order valence-corrected chi connectivity index (χ4v) is 2.47. The van der Waals surface area contributed by atoms with E-state index in [-0.39, 0.29) is 18.4 Å². The van der Waals surface area contributed by atoms with E-state index in [2.05, 4.69) is 15.6 Å². The van der Waals surface area contributed by atoms with Crippen LogP contribution in [-0.2, 0) is 9.53 Å². The van der Waals surface area contributed by atoms with E-state index in [0.29, 0.717) is 11.4 Å². The molecule has 1 aromatic carbocycles. The number of ether oxygens (including phenoxy) is 2. The van der Waals surface area contributed by atoms with Crippen LogP contribution in [0.2, 0.25) is 0 Å². The van der Waals surface area contributed by atoms with Crippen LogP contribution in [0.5, 0.6) is 5.75 Å². The van der Waals surface area contributed by atoms with Gasteiger partial charge in [-0.25, -0.2) is 9.48 Å². The van der Waals surface area contributed by atoms with E-state index in [1.807, 2.05) is 13.8 Å². The molecule has 0 spiro atoms. The largest absolute Gasteiger partial charge is 0.491 e. The zero-order valence-electron chi connectivity index (χ0n) is 16.0. The molecule has 2 rings (SSSR count). The Bertz CT molecular complexity index is 816. The highest BCUT2D eigenvalue weighted by molar-refractivity contribution is 5.97. The Morgan fingerprint density at radius 3 is 2.44 bits per heavy atom. The van der Waals surface area contributed by atoms with E-state index < -0.39 is 17.4 Å². The van der Waals surface area contributed by atoms with E-state index in [1.165, 1.54) is 18.7 Å². The monoisotopic (exact) mass is 376 g/mol. The first-order valence-electron chi connectivity index (χ1n) is 8.42. The molecular formula is C18H24N4O5. The quantitative estimate of drug-likeness (QED) is 0.718. The van der Waals surface area contributed by atoms with Crippen molar-refractivity contribution in [2.75, 3.05) is 13.7 Å². The Kier molecular flexibility index (Phi) is 6.17. The lowest BCUT2D eigenvalue weighted by atomic mass is 10.0. The van der Waals surface area contributed by atoms with Crippen LogP contribution in [0.15, 0.2) is 24.3 Å². The molecule has 1 unspecified atom stereocenters. The third-order valence-corrected chi connectivity index (χ3v) is 3.86. The van der Waals surface area contributed by atoms with E-state index in [1.54, 1.807) is 31.2 Å². The van der Waals surface area contributed by atoms with Gasteiger partial charge in [-0.1, -0.05) is 5.21 Å². The summed E-state index contributed by atoms with van der Waals surface area (Å²) in [5.74, 6) is -1.12. The molecule has 27 heavy (non-hydrogen) atoms. The Balaban J connectivity index is 2.23. The van der Waals surface area contributed by atoms with Crippen LogP contribution in [0.25, 0.3) is 5.69 Å². The van der Waals surface area contributed by atoms with Crippen molar-refractivity contribution >= 4 is 11.9 Å². The summed E-state index contributed by atoms with van der Waals surface area (Å²) in [6.07, 6.45) is 0.0647. The summed E-state index contributed by atoms with van der Waals surface area (Å²) in [5.41, 5.74) is -0.345. The topological polar surface area (TPSA) is 116 Å². The van der Waals surface area contributed by atoms with E-state index in [9.17, 15) is 14.7 Å². The van der Waals surface area contributed by atoms with Crippen LogP contribution in [0.3, 0.4) is 0 Å². The molecule has 2 N–H and O–H groups in total. The molecule has 0 aliphatic carbocycles. The summed E-state index contributed by atoms with van der Waals surface area (Å²) < 4.78 is 12.0. The van der Waals surface area contributed by atoms with E-state index >= 15 is 0 Å². The average molecular weight is 376 g/mol. The molecule has 9 heteroatoms. The van der Waals surface area contributed by atoms with Crippen LogP contribution in [0, 0.1) is 6.92 Å². The number of nitrogens with zero attached hydrogens (tertiary/aromatic N) is 3. The van der Waals surface area contributed by atoms with E-state index in [0.717, 1.165) is 5.75 Å². The van der Waals surface area contributed by atoms with Gasteiger partial charge in [0.15, 0.2) is 11.2 Å². The maximum Gasteiger partial charge on any atom is 0.331 e. The van der Waals surface area contributed by atoms with Crippen LogP contribution in [0.1, 0.15) is 37.0 Å². The SMILES string of the molecule is COCC(C)(NC(=O)c1nnn(-c2ccc(OC(C)C)cc2)c1C)C(=O)O. The molecule has 0 fully saturated rings. The lowest BCUT2D eigenvalue weighted by molar-refractivity contribution is -0.145. The van der Waals surface area contributed by atoms with Crippen LogP contribution >= 0.6 is 0 Å². The number of aromatic nitrogens is 3. The number of carboxylic acid groups (broad SMARTS) is 1. The predicted molar refractivity (Wildman–Crippen MR) is 97.2 cm³/mol. The Hall–Kier alpha value is -2.94. The second-order valence-electron chi connectivity index (χ2n) is 6.62. The number of carbonyl (C=O) groups is 2. The second-order valence-corrected chi connectivity index (χ2v) is 6.62. The minimum Gasteiger partial charge on any atom is -0.491 e. The fraction of sp³-hybridized carbons (Fsp3) is 0.444. The first-order chi connectivity index (χ1) is 12.7. The Labute approximate surface area is 157 Å². The van der Waals surface area contributed by atoms with Gasteiger partial charge >= 0.3 is 5.97 Å². The van der Waals surface area contributed by atoms with Crippen molar-refractivity contribution in [3.8, 4) is 11.4 Å². The first kappa shape index (κ1) is 20.4.